The number of hydrogen-bond acceptors (Lipinski definition) is 2. The van der Waals surface area contributed by atoms with Gasteiger partial charge < -0.3 is 9.64 Å². The Balaban J connectivity index is 2.24. The van der Waals surface area contributed by atoms with Crippen LogP contribution in [0.5, 0.6) is 5.75 Å². The molecule has 0 atom stereocenters. The van der Waals surface area contributed by atoms with Crippen molar-refractivity contribution in [2.24, 2.45) is 0 Å². The third kappa shape index (κ3) is 0.949. The molecule has 0 aromatic heterocycles. The zero-order chi connectivity index (χ0) is 8.67. The van der Waals surface area contributed by atoms with Gasteiger partial charge in [0.25, 0.3) is 0 Å². The van der Waals surface area contributed by atoms with Crippen LogP contribution in [0.25, 0.3) is 6.08 Å². The molecule has 0 saturated heterocycles. The van der Waals surface area contributed by atoms with Crippen molar-refractivity contribution in [1.29, 1.82) is 0 Å². The van der Waals surface area contributed by atoms with Crippen molar-refractivity contribution >= 4 is 11.8 Å². The van der Waals surface area contributed by atoms with E-state index in [1.807, 2.05) is 18.7 Å². The normalized spacial score (nSPS) is 18.0. The minimum absolute atomic E-state index is 0.883. The van der Waals surface area contributed by atoms with Crippen molar-refractivity contribution in [1.82, 2.24) is 0 Å². The van der Waals surface area contributed by atoms with Crippen LogP contribution in [-0.2, 0) is 0 Å². The first-order valence-electron chi connectivity index (χ1n) is 4.48. The Kier molecular flexibility index (Phi) is 1.36. The smallest absolute Gasteiger partial charge is 0.155 e. The molecule has 0 spiro atoms. The molecule has 1 aromatic carbocycles. The molecule has 0 bridgehead atoms. The fourth-order valence-corrected chi connectivity index (χ4v) is 1.89. The molecule has 0 fully saturated rings. The van der Waals surface area contributed by atoms with E-state index >= 15 is 0 Å². The molecule has 1 aromatic rings. The van der Waals surface area contributed by atoms with Gasteiger partial charge in [0, 0.05) is 12.1 Å². The van der Waals surface area contributed by atoms with Crippen LogP contribution in [0.3, 0.4) is 0 Å². The van der Waals surface area contributed by atoms with Crippen LogP contribution in [0, 0.1) is 6.61 Å². The lowest BCUT2D eigenvalue weighted by Gasteiger charge is -2.33. The zero-order valence-electron chi connectivity index (χ0n) is 7.23. The Morgan fingerprint density at radius 2 is 2.23 bits per heavy atom. The first kappa shape index (κ1) is 7.01. The van der Waals surface area contributed by atoms with E-state index < -0.39 is 0 Å². The highest BCUT2D eigenvalue weighted by Gasteiger charge is 2.21. The second-order valence-corrected chi connectivity index (χ2v) is 3.29. The third-order valence-electron chi connectivity index (χ3n) is 2.47. The van der Waals surface area contributed by atoms with Crippen LogP contribution in [0.2, 0.25) is 0 Å². The number of anilines is 1. The average Bonchev–Trinajstić information content (AvgIpc) is 2.19. The number of ether oxygens (including phenoxy) is 1. The fraction of sp³-hybridized carbons (Fsp3) is 0.182. The molecule has 3 rings (SSSR count). The molecule has 2 heteroatoms. The molecule has 2 nitrogen and oxygen atoms in total. The molecule has 0 unspecified atom stereocenters. The van der Waals surface area contributed by atoms with Crippen molar-refractivity contribution in [3.63, 3.8) is 0 Å². The maximum Gasteiger partial charge on any atom is 0.155 e. The Bertz CT molecular complexity index is 370. The largest absolute Gasteiger partial charge is 0.482 e. The van der Waals surface area contributed by atoms with E-state index in [0.717, 1.165) is 18.8 Å². The van der Waals surface area contributed by atoms with E-state index in [9.17, 15) is 0 Å². The highest BCUT2D eigenvalue weighted by atomic mass is 16.5. The van der Waals surface area contributed by atoms with E-state index in [-0.39, 0.29) is 0 Å². The standard InChI is InChI=1S/C11H10NO/c1-3-9-4-2-6-12-7-8-13-10(5-1)11(9)12/h1-5,8H,6-7H2. The summed E-state index contributed by atoms with van der Waals surface area (Å²) in [5.74, 6) is 0.980. The minimum atomic E-state index is 0.883. The first-order chi connectivity index (χ1) is 6.45. The maximum absolute atomic E-state index is 5.47. The molecule has 2 aliphatic heterocycles. The van der Waals surface area contributed by atoms with Gasteiger partial charge in [0.2, 0.25) is 0 Å². The fourth-order valence-electron chi connectivity index (χ4n) is 1.89. The highest BCUT2D eigenvalue weighted by molar-refractivity contribution is 5.77. The summed E-state index contributed by atoms with van der Waals surface area (Å²) in [6.45, 7) is 3.73. The van der Waals surface area contributed by atoms with Gasteiger partial charge in [0.1, 0.15) is 5.75 Å². The molecular weight excluding hydrogens is 162 g/mol. The lowest BCUT2D eigenvalue weighted by Crippen LogP contribution is -2.32. The van der Waals surface area contributed by atoms with E-state index in [1.54, 1.807) is 0 Å². The molecule has 2 heterocycles. The number of nitrogens with zero attached hydrogens (tertiary/aromatic N) is 1. The average molecular weight is 172 g/mol. The van der Waals surface area contributed by atoms with Crippen LogP contribution in [0.1, 0.15) is 5.56 Å². The van der Waals surface area contributed by atoms with Gasteiger partial charge in [0.15, 0.2) is 6.61 Å². The van der Waals surface area contributed by atoms with Gasteiger partial charge in [-0.2, -0.15) is 0 Å². The molecule has 0 saturated carbocycles. The predicted molar refractivity (Wildman–Crippen MR) is 52.6 cm³/mol. The van der Waals surface area contributed by atoms with Gasteiger partial charge in [-0.3, -0.25) is 0 Å². The first-order valence-corrected chi connectivity index (χ1v) is 4.48. The molecular formula is C11H10NO. The van der Waals surface area contributed by atoms with Crippen LogP contribution in [0.4, 0.5) is 5.69 Å². The van der Waals surface area contributed by atoms with Gasteiger partial charge in [0.05, 0.1) is 12.2 Å². The molecule has 65 valence electrons. The lowest BCUT2D eigenvalue weighted by molar-refractivity contribution is 0.385. The summed E-state index contributed by atoms with van der Waals surface area (Å²) < 4.78 is 5.47. The quantitative estimate of drug-likeness (QED) is 0.594. The van der Waals surface area contributed by atoms with Crippen molar-refractivity contribution in [3.8, 4) is 5.75 Å². The monoisotopic (exact) mass is 172 g/mol. The molecule has 13 heavy (non-hydrogen) atoms. The van der Waals surface area contributed by atoms with Crippen molar-refractivity contribution in [2.75, 3.05) is 18.0 Å². The van der Waals surface area contributed by atoms with Crippen molar-refractivity contribution < 1.29 is 4.74 Å². The topological polar surface area (TPSA) is 12.5 Å². The number of rotatable bonds is 0. The lowest BCUT2D eigenvalue weighted by atomic mass is 10.1. The number of para-hydroxylation sites is 1. The summed E-state index contributed by atoms with van der Waals surface area (Å²) in [5, 5.41) is 0. The summed E-state index contributed by atoms with van der Waals surface area (Å²) >= 11 is 0. The number of benzene rings is 1. The van der Waals surface area contributed by atoms with Crippen molar-refractivity contribution in [2.45, 2.75) is 0 Å². The molecule has 0 aliphatic carbocycles. The second-order valence-electron chi connectivity index (χ2n) is 3.29. The summed E-state index contributed by atoms with van der Waals surface area (Å²) in [6, 6.07) is 6.16. The Labute approximate surface area is 77.4 Å². The van der Waals surface area contributed by atoms with E-state index in [0.29, 0.717) is 0 Å². The summed E-state index contributed by atoms with van der Waals surface area (Å²) in [5.41, 5.74) is 2.50. The van der Waals surface area contributed by atoms with Crippen LogP contribution >= 0.6 is 0 Å². The van der Waals surface area contributed by atoms with Crippen LogP contribution in [-0.4, -0.2) is 13.1 Å². The second kappa shape index (κ2) is 2.52. The van der Waals surface area contributed by atoms with Crippen LogP contribution in [0.15, 0.2) is 24.3 Å². The molecule has 0 amide bonds. The minimum Gasteiger partial charge on any atom is -0.482 e. The van der Waals surface area contributed by atoms with Gasteiger partial charge in [-0.05, 0) is 6.07 Å². The highest BCUT2D eigenvalue weighted by Crippen LogP contribution is 2.38. The summed E-state index contributed by atoms with van der Waals surface area (Å²) in [7, 11) is 0. The molecule has 0 N–H and O–H groups in total. The molecule has 1 radical (unpaired) electrons. The predicted octanol–water partition coefficient (Wildman–Crippen LogP) is 2.07. The third-order valence-corrected chi connectivity index (χ3v) is 2.47. The zero-order valence-corrected chi connectivity index (χ0v) is 7.23. The molecule has 2 aliphatic rings. The van der Waals surface area contributed by atoms with E-state index in [4.69, 9.17) is 4.74 Å². The summed E-state index contributed by atoms with van der Waals surface area (Å²) in [6.07, 6.45) is 4.34. The Morgan fingerprint density at radius 1 is 1.23 bits per heavy atom. The van der Waals surface area contributed by atoms with Gasteiger partial charge in [-0.15, -0.1) is 0 Å². The Morgan fingerprint density at radius 3 is 3.23 bits per heavy atom. The summed E-state index contributed by atoms with van der Waals surface area (Å²) in [4.78, 5) is 2.31. The number of hydrogen-bond donors (Lipinski definition) is 0. The SMILES string of the molecule is [CH]1CN2CC=Cc3cccc(c32)O1. The van der Waals surface area contributed by atoms with Crippen molar-refractivity contribution in [3.05, 3.63) is 36.4 Å². The van der Waals surface area contributed by atoms with Gasteiger partial charge >= 0.3 is 0 Å². The Hall–Kier alpha value is -1.44. The van der Waals surface area contributed by atoms with E-state index in [1.165, 1.54) is 11.3 Å². The maximum atomic E-state index is 5.47. The van der Waals surface area contributed by atoms with E-state index in [2.05, 4.69) is 23.1 Å². The van der Waals surface area contributed by atoms with Crippen LogP contribution < -0.4 is 9.64 Å². The van der Waals surface area contributed by atoms with Gasteiger partial charge in [-0.1, -0.05) is 24.3 Å². The van der Waals surface area contributed by atoms with Gasteiger partial charge in [-0.25, -0.2) is 0 Å².